The molecule has 10 heteroatoms. The molecule has 4 aromatic carbocycles. The van der Waals surface area contributed by atoms with E-state index in [0.29, 0.717) is 10.6 Å². The monoisotopic (exact) mass is 634 g/mol. The number of piperidine rings is 2. The van der Waals surface area contributed by atoms with Gasteiger partial charge in [-0.1, -0.05) is 90.0 Å². The lowest BCUT2D eigenvalue weighted by atomic mass is 9.77. The molecule has 4 aromatic rings. The highest BCUT2D eigenvalue weighted by molar-refractivity contribution is 7.89. The summed E-state index contributed by atoms with van der Waals surface area (Å²) in [6.45, 7) is 1.75. The van der Waals surface area contributed by atoms with Gasteiger partial charge < -0.3 is 0 Å². The number of halogens is 1. The Morgan fingerprint density at radius 2 is 1.19 bits per heavy atom. The molecule has 0 radical (unpaired) electrons. The van der Waals surface area contributed by atoms with Gasteiger partial charge in [-0.2, -0.15) is 8.61 Å². The van der Waals surface area contributed by atoms with E-state index in [1.807, 2.05) is 67.6 Å². The molecule has 2 fully saturated rings. The van der Waals surface area contributed by atoms with Gasteiger partial charge in [-0.3, -0.25) is 4.79 Å². The van der Waals surface area contributed by atoms with Gasteiger partial charge in [0.1, 0.15) is 5.78 Å². The van der Waals surface area contributed by atoms with Crippen molar-refractivity contribution in [1.29, 1.82) is 0 Å². The van der Waals surface area contributed by atoms with Gasteiger partial charge in [-0.05, 0) is 60.9 Å². The lowest BCUT2D eigenvalue weighted by Crippen LogP contribution is -2.60. The van der Waals surface area contributed by atoms with E-state index < -0.39 is 44.1 Å². The van der Waals surface area contributed by atoms with E-state index in [0.717, 1.165) is 11.1 Å². The Labute approximate surface area is 257 Å². The van der Waals surface area contributed by atoms with Gasteiger partial charge in [0.2, 0.25) is 20.0 Å². The molecule has 0 aliphatic carbocycles. The summed E-state index contributed by atoms with van der Waals surface area (Å²) < 4.78 is 60.1. The number of carbonyl (C=O) groups excluding carboxylic acids is 1. The first-order valence-corrected chi connectivity index (χ1v) is 17.3. The Balaban J connectivity index is 1.50. The molecule has 43 heavy (non-hydrogen) atoms. The van der Waals surface area contributed by atoms with Crippen LogP contribution < -0.4 is 0 Å². The van der Waals surface area contributed by atoms with Gasteiger partial charge in [-0.15, -0.1) is 0 Å². The van der Waals surface area contributed by atoms with Crippen molar-refractivity contribution in [2.75, 3.05) is 6.54 Å². The van der Waals surface area contributed by atoms with Gasteiger partial charge in [-0.25, -0.2) is 16.8 Å². The Morgan fingerprint density at radius 1 is 0.674 bits per heavy atom. The number of fused-ring (bicyclic) bond motifs is 1. The zero-order valence-corrected chi connectivity index (χ0v) is 25.8. The quantitative estimate of drug-likeness (QED) is 0.253. The number of benzene rings is 4. The molecule has 0 saturated carbocycles. The molecule has 0 bridgehead atoms. The van der Waals surface area contributed by atoms with E-state index >= 15 is 0 Å². The molecule has 2 saturated heterocycles. The maximum Gasteiger partial charge on any atom is 0.243 e. The number of carbonyl (C=O) groups is 1. The molecule has 0 spiro atoms. The second-order valence-electron chi connectivity index (χ2n) is 11.1. The van der Waals surface area contributed by atoms with E-state index in [1.165, 1.54) is 32.9 Å². The fraction of sp³-hybridized carbons (Fsp3) is 0.242. The van der Waals surface area contributed by atoms with Crippen molar-refractivity contribution in [3.63, 3.8) is 0 Å². The second kappa shape index (κ2) is 11.6. The Morgan fingerprint density at radius 3 is 1.77 bits per heavy atom. The van der Waals surface area contributed by atoms with Crippen LogP contribution in [0.5, 0.6) is 0 Å². The van der Waals surface area contributed by atoms with E-state index in [9.17, 15) is 21.6 Å². The molecular weight excluding hydrogens is 604 g/mol. The Hall–Kier alpha value is -3.34. The first-order valence-electron chi connectivity index (χ1n) is 14.1. The zero-order chi connectivity index (χ0) is 30.4. The molecule has 0 aromatic heterocycles. The molecule has 6 rings (SSSR count). The van der Waals surface area contributed by atoms with Crippen molar-refractivity contribution in [2.45, 2.75) is 47.7 Å². The van der Waals surface area contributed by atoms with Gasteiger partial charge in [0.25, 0.3) is 0 Å². The summed E-state index contributed by atoms with van der Waals surface area (Å²) in [4.78, 5) is 14.1. The fourth-order valence-corrected chi connectivity index (χ4v) is 9.94. The number of sulfonamides is 2. The minimum atomic E-state index is -4.13. The molecule has 0 unspecified atom stereocenters. The maximum atomic E-state index is 14.5. The van der Waals surface area contributed by atoms with E-state index in [1.54, 1.807) is 24.3 Å². The number of hydrogen-bond donors (Lipinski definition) is 0. The molecule has 222 valence electrons. The lowest BCUT2D eigenvalue weighted by molar-refractivity contribution is -0.132. The third kappa shape index (κ3) is 5.56. The smallest absolute Gasteiger partial charge is 0.243 e. The molecule has 2 heterocycles. The minimum Gasteiger partial charge on any atom is -0.299 e. The van der Waals surface area contributed by atoms with Crippen molar-refractivity contribution < 1.29 is 21.6 Å². The van der Waals surface area contributed by atoms with Crippen LogP contribution in [0, 0.1) is 12.8 Å². The average Bonchev–Trinajstić information content (AvgIpc) is 3.01. The fourth-order valence-electron chi connectivity index (χ4n) is 6.32. The highest BCUT2D eigenvalue weighted by Crippen LogP contribution is 2.48. The van der Waals surface area contributed by atoms with Crippen molar-refractivity contribution >= 4 is 37.4 Å². The standard InChI is InChI=1S/C33H31ClN2O5S2/c1-23-12-16-27(17-13-23)42(38,39)35-22-29-32(20-30(35)24-8-4-2-5-9-24)36(43(40,41)28-18-14-26(34)15-19-28)31(21-33(29)37)25-10-6-3-7-11-25/h2-19,29-32H,20-22H2,1H3/t29-,30+,31+,32+/m1/s1. The van der Waals surface area contributed by atoms with Gasteiger partial charge in [0.05, 0.1) is 21.9 Å². The predicted octanol–water partition coefficient (Wildman–Crippen LogP) is 6.17. The highest BCUT2D eigenvalue weighted by atomic mass is 35.5. The minimum absolute atomic E-state index is 0.0631. The summed E-state index contributed by atoms with van der Waals surface area (Å²) >= 11 is 6.09. The van der Waals surface area contributed by atoms with Crippen LogP contribution in [-0.2, 0) is 24.8 Å². The first kappa shape index (κ1) is 29.7. The van der Waals surface area contributed by atoms with Crippen LogP contribution in [-0.4, -0.2) is 43.8 Å². The summed E-state index contributed by atoms with van der Waals surface area (Å²) in [5, 5.41) is 0.406. The van der Waals surface area contributed by atoms with Crippen LogP contribution in [0.4, 0.5) is 0 Å². The van der Waals surface area contributed by atoms with Gasteiger partial charge >= 0.3 is 0 Å². The van der Waals surface area contributed by atoms with Crippen LogP contribution >= 0.6 is 11.6 Å². The molecule has 7 nitrogen and oxygen atoms in total. The average molecular weight is 635 g/mol. The van der Waals surface area contributed by atoms with Gasteiger partial charge in [0, 0.05) is 29.9 Å². The number of rotatable bonds is 6. The maximum absolute atomic E-state index is 14.5. The van der Waals surface area contributed by atoms with E-state index in [-0.39, 0.29) is 35.0 Å². The van der Waals surface area contributed by atoms with E-state index in [4.69, 9.17) is 11.6 Å². The first-order chi connectivity index (χ1) is 20.6. The lowest BCUT2D eigenvalue weighted by Gasteiger charge is -2.51. The van der Waals surface area contributed by atoms with E-state index in [2.05, 4.69) is 0 Å². The molecule has 0 amide bonds. The summed E-state index contributed by atoms with van der Waals surface area (Å²) in [5.74, 6) is -1.00. The Kier molecular flexibility index (Phi) is 8.04. The number of hydrogen-bond acceptors (Lipinski definition) is 5. The molecule has 4 atom stereocenters. The largest absolute Gasteiger partial charge is 0.299 e. The predicted molar refractivity (Wildman–Crippen MR) is 165 cm³/mol. The second-order valence-corrected chi connectivity index (χ2v) is 15.3. The SMILES string of the molecule is Cc1ccc(S(=O)(=O)N2C[C@H]3C(=O)C[C@@H](c4ccccc4)N(S(=O)(=O)c4ccc(Cl)cc4)[C@H]3C[C@H]2c2ccccc2)cc1. The van der Waals surface area contributed by atoms with Crippen LogP contribution in [0.25, 0.3) is 0 Å². The third-order valence-corrected chi connectivity index (χ3v) is 12.6. The van der Waals surface area contributed by atoms with Crippen LogP contribution in [0.3, 0.4) is 0 Å². The summed E-state index contributed by atoms with van der Waals surface area (Å²) in [7, 11) is -8.16. The highest BCUT2D eigenvalue weighted by Gasteiger charge is 2.54. The van der Waals surface area contributed by atoms with Crippen LogP contribution in [0.15, 0.2) is 119 Å². The van der Waals surface area contributed by atoms with Crippen molar-refractivity contribution in [3.8, 4) is 0 Å². The number of aryl methyl sites for hydroxylation is 1. The summed E-state index contributed by atoms with van der Waals surface area (Å²) in [5.41, 5.74) is 2.36. The molecular formula is C33H31ClN2O5S2. The third-order valence-electron chi connectivity index (χ3n) is 8.48. The van der Waals surface area contributed by atoms with Crippen molar-refractivity contribution in [3.05, 3.63) is 131 Å². The number of nitrogens with zero attached hydrogens (tertiary/aromatic N) is 2. The van der Waals surface area contributed by atoms with Crippen LogP contribution in [0.2, 0.25) is 5.02 Å². The molecule has 2 aliphatic rings. The normalized spacial score (nSPS) is 23.5. The summed E-state index contributed by atoms with van der Waals surface area (Å²) in [6.07, 6.45) is 0.0497. The number of ketones is 1. The Bertz CT molecular complexity index is 1830. The van der Waals surface area contributed by atoms with Crippen molar-refractivity contribution in [1.82, 2.24) is 8.61 Å². The summed E-state index contributed by atoms with van der Waals surface area (Å²) in [6, 6.07) is 28.8. The molecule has 2 aliphatic heterocycles. The topological polar surface area (TPSA) is 91.8 Å². The van der Waals surface area contributed by atoms with Crippen molar-refractivity contribution in [2.24, 2.45) is 5.92 Å². The zero-order valence-electron chi connectivity index (χ0n) is 23.5. The number of Topliss-reactive ketones (excluding diaryl/α,β-unsaturated/α-hetero) is 1. The van der Waals surface area contributed by atoms with Gasteiger partial charge in [0.15, 0.2) is 0 Å². The molecule has 0 N–H and O–H groups in total. The van der Waals surface area contributed by atoms with Crippen LogP contribution in [0.1, 0.15) is 41.6 Å².